The van der Waals surface area contributed by atoms with Gasteiger partial charge in [-0.25, -0.2) is 9.97 Å². The molecule has 0 unspecified atom stereocenters. The van der Waals surface area contributed by atoms with Gasteiger partial charge in [-0.05, 0) is 24.8 Å². The zero-order chi connectivity index (χ0) is 19.5. The largest absolute Gasteiger partial charge is 0.338 e. The summed E-state index contributed by atoms with van der Waals surface area (Å²) in [6.07, 6.45) is 12.5. The molecular formula is C20H23N7O. The van der Waals surface area contributed by atoms with Gasteiger partial charge in [0.2, 0.25) is 5.91 Å². The van der Waals surface area contributed by atoms with Crippen molar-refractivity contribution in [2.75, 3.05) is 0 Å². The van der Waals surface area contributed by atoms with Gasteiger partial charge in [-0.15, -0.1) is 0 Å². The van der Waals surface area contributed by atoms with Crippen molar-refractivity contribution in [3.8, 4) is 17.3 Å². The van der Waals surface area contributed by atoms with Crippen LogP contribution in [0.3, 0.4) is 0 Å². The highest BCUT2D eigenvalue weighted by Crippen LogP contribution is 2.36. The lowest BCUT2D eigenvalue weighted by molar-refractivity contribution is -0.119. The Bertz CT molecular complexity index is 1020. The standard InChI is InChI=1S/C20H23N7O/c1-14(28)24-13-26-9-7-17-19(22-12-23-20(17)26)16-10-25-27(11-16)18(6-8-21)15-4-2-3-5-15/h7,9-12,15,18H,2-6,13H2,1H3,(H,24,28)/t18-/m1/s1. The predicted octanol–water partition coefficient (Wildman–Crippen LogP) is 3.03. The van der Waals surface area contributed by atoms with Crippen molar-refractivity contribution < 1.29 is 4.79 Å². The Morgan fingerprint density at radius 3 is 2.96 bits per heavy atom. The summed E-state index contributed by atoms with van der Waals surface area (Å²) in [5, 5.41) is 17.5. The number of amides is 1. The molecule has 1 fully saturated rings. The summed E-state index contributed by atoms with van der Waals surface area (Å²) in [4.78, 5) is 20.0. The van der Waals surface area contributed by atoms with E-state index in [1.54, 1.807) is 0 Å². The van der Waals surface area contributed by atoms with E-state index in [9.17, 15) is 10.1 Å². The summed E-state index contributed by atoms with van der Waals surface area (Å²) in [6.45, 7) is 1.85. The molecule has 0 saturated heterocycles. The molecule has 1 aliphatic carbocycles. The quantitative estimate of drug-likeness (QED) is 0.711. The normalized spacial score (nSPS) is 15.6. The lowest BCUT2D eigenvalue weighted by Gasteiger charge is -2.21. The van der Waals surface area contributed by atoms with Gasteiger partial charge in [0.15, 0.2) is 0 Å². The second kappa shape index (κ2) is 7.80. The summed E-state index contributed by atoms with van der Waals surface area (Å²) < 4.78 is 3.82. The molecule has 1 amide bonds. The van der Waals surface area contributed by atoms with Crippen LogP contribution in [0.5, 0.6) is 0 Å². The highest BCUT2D eigenvalue weighted by atomic mass is 16.1. The van der Waals surface area contributed by atoms with Gasteiger partial charge in [-0.3, -0.25) is 9.48 Å². The van der Waals surface area contributed by atoms with Crippen LogP contribution in [0.4, 0.5) is 0 Å². The number of carbonyl (C=O) groups excluding carboxylic acids is 1. The smallest absolute Gasteiger partial charge is 0.218 e. The molecule has 0 bridgehead atoms. The summed E-state index contributed by atoms with van der Waals surface area (Å²) >= 11 is 0. The van der Waals surface area contributed by atoms with E-state index in [0.29, 0.717) is 19.0 Å². The first-order valence-corrected chi connectivity index (χ1v) is 9.63. The highest BCUT2D eigenvalue weighted by molar-refractivity contribution is 5.90. The molecule has 3 heterocycles. The molecule has 0 aliphatic heterocycles. The summed E-state index contributed by atoms with van der Waals surface area (Å²) in [6, 6.07) is 4.39. The van der Waals surface area contributed by atoms with E-state index >= 15 is 0 Å². The fourth-order valence-corrected chi connectivity index (χ4v) is 4.11. The molecule has 1 saturated carbocycles. The first-order valence-electron chi connectivity index (χ1n) is 9.63. The van der Waals surface area contributed by atoms with Gasteiger partial charge in [0.25, 0.3) is 0 Å². The van der Waals surface area contributed by atoms with E-state index in [4.69, 9.17) is 0 Å². The number of nitriles is 1. The second-order valence-corrected chi connectivity index (χ2v) is 7.32. The van der Waals surface area contributed by atoms with Gasteiger partial charge < -0.3 is 9.88 Å². The third kappa shape index (κ3) is 3.48. The zero-order valence-corrected chi connectivity index (χ0v) is 15.9. The SMILES string of the molecule is CC(=O)NCn1ccc2c(-c3cnn([C@H](CC#N)C4CCCC4)c3)ncnc21. The number of rotatable bonds is 6. The Kier molecular flexibility index (Phi) is 5.06. The molecule has 3 aromatic rings. The van der Waals surface area contributed by atoms with E-state index in [0.717, 1.165) is 35.1 Å². The van der Waals surface area contributed by atoms with Gasteiger partial charge in [-0.1, -0.05) is 12.8 Å². The molecule has 1 N–H and O–H groups in total. The minimum Gasteiger partial charge on any atom is -0.338 e. The Morgan fingerprint density at radius 1 is 1.39 bits per heavy atom. The topological polar surface area (TPSA) is 101 Å². The maximum atomic E-state index is 11.2. The van der Waals surface area contributed by atoms with E-state index < -0.39 is 0 Å². The molecular weight excluding hydrogens is 354 g/mol. The summed E-state index contributed by atoms with van der Waals surface area (Å²) in [7, 11) is 0. The Hall–Kier alpha value is -3.21. The molecule has 1 aliphatic rings. The van der Waals surface area contributed by atoms with Crippen molar-refractivity contribution in [1.29, 1.82) is 5.26 Å². The first-order chi connectivity index (χ1) is 13.7. The number of carbonyl (C=O) groups is 1. The van der Waals surface area contributed by atoms with E-state index in [1.165, 1.54) is 26.1 Å². The predicted molar refractivity (Wildman–Crippen MR) is 104 cm³/mol. The van der Waals surface area contributed by atoms with Crippen LogP contribution in [0.25, 0.3) is 22.3 Å². The number of hydrogen-bond donors (Lipinski definition) is 1. The first kappa shape index (κ1) is 18.2. The zero-order valence-electron chi connectivity index (χ0n) is 15.9. The van der Waals surface area contributed by atoms with Crippen LogP contribution in [-0.2, 0) is 11.5 Å². The second-order valence-electron chi connectivity index (χ2n) is 7.32. The van der Waals surface area contributed by atoms with Crippen LogP contribution in [-0.4, -0.2) is 30.2 Å². The summed E-state index contributed by atoms with van der Waals surface area (Å²) in [5.41, 5.74) is 2.47. The van der Waals surface area contributed by atoms with Crippen molar-refractivity contribution in [3.05, 3.63) is 31.0 Å². The van der Waals surface area contributed by atoms with Gasteiger partial charge >= 0.3 is 0 Å². The fraction of sp³-hybridized carbons (Fsp3) is 0.450. The average molecular weight is 377 g/mol. The Balaban J connectivity index is 1.65. The number of fused-ring (bicyclic) bond motifs is 1. The average Bonchev–Trinajstić information content (AvgIpc) is 3.45. The van der Waals surface area contributed by atoms with Crippen LogP contribution in [0.1, 0.15) is 45.1 Å². The molecule has 4 rings (SSSR count). The molecule has 0 spiro atoms. The van der Waals surface area contributed by atoms with E-state index in [2.05, 4.69) is 26.5 Å². The van der Waals surface area contributed by atoms with E-state index in [1.807, 2.05) is 33.9 Å². The van der Waals surface area contributed by atoms with Gasteiger partial charge in [0.1, 0.15) is 12.0 Å². The van der Waals surface area contributed by atoms with E-state index in [-0.39, 0.29) is 11.9 Å². The monoisotopic (exact) mass is 377 g/mol. The third-order valence-corrected chi connectivity index (χ3v) is 5.51. The van der Waals surface area contributed by atoms with Gasteiger partial charge in [0.05, 0.1) is 37.1 Å². The minimum atomic E-state index is -0.0900. The molecule has 8 heteroatoms. The number of nitrogens with zero attached hydrogens (tertiary/aromatic N) is 6. The third-order valence-electron chi connectivity index (χ3n) is 5.51. The van der Waals surface area contributed by atoms with Crippen molar-refractivity contribution in [2.24, 2.45) is 5.92 Å². The molecule has 0 radical (unpaired) electrons. The number of nitrogens with one attached hydrogen (secondary N) is 1. The van der Waals surface area contributed by atoms with Gasteiger partial charge in [0, 0.05) is 30.3 Å². The van der Waals surface area contributed by atoms with Crippen LogP contribution in [0.2, 0.25) is 0 Å². The van der Waals surface area contributed by atoms with Crippen molar-refractivity contribution >= 4 is 16.9 Å². The van der Waals surface area contributed by atoms with Crippen molar-refractivity contribution in [3.63, 3.8) is 0 Å². The van der Waals surface area contributed by atoms with Crippen molar-refractivity contribution in [1.82, 2.24) is 29.6 Å². The maximum absolute atomic E-state index is 11.2. The number of hydrogen-bond acceptors (Lipinski definition) is 5. The van der Waals surface area contributed by atoms with Crippen LogP contribution < -0.4 is 5.32 Å². The molecule has 8 nitrogen and oxygen atoms in total. The van der Waals surface area contributed by atoms with Crippen LogP contribution >= 0.6 is 0 Å². The van der Waals surface area contributed by atoms with Crippen molar-refractivity contribution in [2.45, 2.75) is 51.7 Å². The molecule has 0 aromatic carbocycles. The summed E-state index contributed by atoms with van der Waals surface area (Å²) in [5.74, 6) is 0.421. The highest BCUT2D eigenvalue weighted by Gasteiger charge is 2.27. The Morgan fingerprint density at radius 2 is 2.21 bits per heavy atom. The lowest BCUT2D eigenvalue weighted by atomic mass is 9.96. The number of aromatic nitrogens is 5. The lowest BCUT2D eigenvalue weighted by Crippen LogP contribution is -2.22. The Labute approximate surface area is 163 Å². The minimum absolute atomic E-state index is 0.0900. The molecule has 3 aromatic heterocycles. The van der Waals surface area contributed by atoms with Gasteiger partial charge in [-0.2, -0.15) is 10.4 Å². The molecule has 1 atom stereocenters. The molecule has 144 valence electrons. The maximum Gasteiger partial charge on any atom is 0.218 e. The van der Waals surface area contributed by atoms with Crippen LogP contribution in [0, 0.1) is 17.2 Å². The molecule has 28 heavy (non-hydrogen) atoms. The fourth-order valence-electron chi connectivity index (χ4n) is 4.11. The van der Waals surface area contributed by atoms with Crippen LogP contribution in [0.15, 0.2) is 31.0 Å².